The molecule has 3 heteroatoms. The molecule has 0 radical (unpaired) electrons. The standard InChI is InChI=1S/C15H22FNO/c1-3-11-6-4-5-9-15(11,17)13-8-7-12(18-2)10-14(13)16/h7-8,10-11H,3-6,9,17H2,1-2H3. The summed E-state index contributed by atoms with van der Waals surface area (Å²) in [5.74, 6) is 0.676. The first-order valence-corrected chi connectivity index (χ1v) is 6.74. The van der Waals surface area contributed by atoms with Gasteiger partial charge in [0.05, 0.1) is 7.11 Å². The van der Waals surface area contributed by atoms with E-state index in [1.165, 1.54) is 12.5 Å². The molecule has 0 spiro atoms. The van der Waals surface area contributed by atoms with Gasteiger partial charge in [-0.15, -0.1) is 0 Å². The molecule has 2 unspecified atom stereocenters. The smallest absolute Gasteiger partial charge is 0.131 e. The molecule has 18 heavy (non-hydrogen) atoms. The van der Waals surface area contributed by atoms with Crippen LogP contribution >= 0.6 is 0 Å². The summed E-state index contributed by atoms with van der Waals surface area (Å²) >= 11 is 0. The summed E-state index contributed by atoms with van der Waals surface area (Å²) in [5.41, 5.74) is 6.68. The third-order valence-corrected chi connectivity index (χ3v) is 4.29. The molecule has 0 aliphatic heterocycles. The van der Waals surface area contributed by atoms with E-state index >= 15 is 0 Å². The van der Waals surface area contributed by atoms with Crippen LogP contribution in [0.25, 0.3) is 0 Å². The second-order valence-electron chi connectivity index (χ2n) is 5.24. The summed E-state index contributed by atoms with van der Waals surface area (Å²) in [6.45, 7) is 2.14. The van der Waals surface area contributed by atoms with Gasteiger partial charge in [0.25, 0.3) is 0 Å². The zero-order valence-corrected chi connectivity index (χ0v) is 11.2. The molecule has 1 saturated carbocycles. The molecular formula is C15H22FNO. The Kier molecular flexibility index (Phi) is 3.91. The molecule has 0 amide bonds. The third-order valence-electron chi connectivity index (χ3n) is 4.29. The van der Waals surface area contributed by atoms with E-state index in [-0.39, 0.29) is 5.82 Å². The first-order valence-electron chi connectivity index (χ1n) is 6.74. The molecule has 0 heterocycles. The minimum atomic E-state index is -0.511. The molecule has 0 aromatic heterocycles. The number of ether oxygens (including phenoxy) is 1. The summed E-state index contributed by atoms with van der Waals surface area (Å²) in [7, 11) is 1.54. The van der Waals surface area contributed by atoms with Crippen molar-refractivity contribution in [3.05, 3.63) is 29.6 Å². The van der Waals surface area contributed by atoms with E-state index in [1.54, 1.807) is 19.2 Å². The van der Waals surface area contributed by atoms with Gasteiger partial charge >= 0.3 is 0 Å². The van der Waals surface area contributed by atoms with Gasteiger partial charge in [0, 0.05) is 17.2 Å². The van der Waals surface area contributed by atoms with Crippen molar-refractivity contribution in [1.82, 2.24) is 0 Å². The normalized spacial score (nSPS) is 28.1. The number of benzene rings is 1. The van der Waals surface area contributed by atoms with Crippen LogP contribution < -0.4 is 10.5 Å². The molecular weight excluding hydrogens is 229 g/mol. The number of hydrogen-bond acceptors (Lipinski definition) is 2. The SMILES string of the molecule is CCC1CCCCC1(N)c1ccc(OC)cc1F. The first-order chi connectivity index (χ1) is 8.61. The van der Waals surface area contributed by atoms with Gasteiger partial charge in [-0.05, 0) is 24.8 Å². The second-order valence-corrected chi connectivity index (χ2v) is 5.24. The monoisotopic (exact) mass is 251 g/mol. The van der Waals surface area contributed by atoms with Crippen molar-refractivity contribution >= 4 is 0 Å². The van der Waals surface area contributed by atoms with Gasteiger partial charge in [0.2, 0.25) is 0 Å². The summed E-state index contributed by atoms with van der Waals surface area (Å²) in [4.78, 5) is 0. The van der Waals surface area contributed by atoms with E-state index in [4.69, 9.17) is 10.5 Å². The van der Waals surface area contributed by atoms with E-state index < -0.39 is 5.54 Å². The zero-order valence-electron chi connectivity index (χ0n) is 11.2. The van der Waals surface area contributed by atoms with Crippen molar-refractivity contribution in [1.29, 1.82) is 0 Å². The lowest BCUT2D eigenvalue weighted by atomic mass is 9.68. The van der Waals surface area contributed by atoms with Crippen molar-refractivity contribution in [2.75, 3.05) is 7.11 Å². The largest absolute Gasteiger partial charge is 0.497 e. The summed E-state index contributed by atoms with van der Waals surface area (Å²) < 4.78 is 19.3. The first kappa shape index (κ1) is 13.3. The van der Waals surface area contributed by atoms with Crippen molar-refractivity contribution in [3.8, 4) is 5.75 Å². The van der Waals surface area contributed by atoms with Crippen LogP contribution in [-0.4, -0.2) is 7.11 Å². The van der Waals surface area contributed by atoms with Crippen LogP contribution in [0.4, 0.5) is 4.39 Å². The van der Waals surface area contributed by atoms with Crippen molar-refractivity contribution in [2.24, 2.45) is 11.7 Å². The molecule has 2 nitrogen and oxygen atoms in total. The predicted octanol–water partition coefficient (Wildman–Crippen LogP) is 3.59. The Morgan fingerprint density at radius 2 is 2.22 bits per heavy atom. The van der Waals surface area contributed by atoms with Gasteiger partial charge in [-0.2, -0.15) is 0 Å². The lowest BCUT2D eigenvalue weighted by Gasteiger charge is -2.41. The summed E-state index contributed by atoms with van der Waals surface area (Å²) in [6, 6.07) is 5.03. The number of methoxy groups -OCH3 is 1. The lowest BCUT2D eigenvalue weighted by molar-refractivity contribution is 0.179. The fourth-order valence-corrected chi connectivity index (χ4v) is 3.19. The zero-order chi connectivity index (χ0) is 13.2. The molecule has 2 N–H and O–H groups in total. The Morgan fingerprint density at radius 1 is 1.44 bits per heavy atom. The van der Waals surface area contributed by atoms with E-state index in [0.29, 0.717) is 17.2 Å². The van der Waals surface area contributed by atoms with E-state index in [9.17, 15) is 4.39 Å². The van der Waals surface area contributed by atoms with Crippen LogP contribution in [0.15, 0.2) is 18.2 Å². The van der Waals surface area contributed by atoms with Gasteiger partial charge in [-0.3, -0.25) is 0 Å². The molecule has 1 fully saturated rings. The van der Waals surface area contributed by atoms with Crippen LogP contribution in [0, 0.1) is 11.7 Å². The number of nitrogens with two attached hydrogens (primary N) is 1. The summed E-state index contributed by atoms with van der Waals surface area (Å²) in [6.07, 6.45) is 5.25. The van der Waals surface area contributed by atoms with Crippen molar-refractivity contribution in [3.63, 3.8) is 0 Å². The Bertz CT molecular complexity index is 421. The van der Waals surface area contributed by atoms with Gasteiger partial charge in [0.1, 0.15) is 11.6 Å². The van der Waals surface area contributed by atoms with E-state index in [2.05, 4.69) is 6.92 Å². The average Bonchev–Trinajstić information content (AvgIpc) is 2.38. The molecule has 1 aromatic rings. The molecule has 1 aliphatic carbocycles. The summed E-state index contributed by atoms with van der Waals surface area (Å²) in [5, 5.41) is 0. The van der Waals surface area contributed by atoms with E-state index in [1.807, 2.05) is 0 Å². The van der Waals surface area contributed by atoms with E-state index in [0.717, 1.165) is 25.7 Å². The molecule has 0 bridgehead atoms. The molecule has 1 aromatic carbocycles. The van der Waals surface area contributed by atoms with Crippen LogP contribution in [0.2, 0.25) is 0 Å². The average molecular weight is 251 g/mol. The lowest BCUT2D eigenvalue weighted by Crippen LogP contribution is -2.46. The highest BCUT2D eigenvalue weighted by molar-refractivity contribution is 5.34. The van der Waals surface area contributed by atoms with Crippen molar-refractivity contribution in [2.45, 2.75) is 44.6 Å². The van der Waals surface area contributed by atoms with Gasteiger partial charge in [0.15, 0.2) is 0 Å². The van der Waals surface area contributed by atoms with Crippen LogP contribution in [0.5, 0.6) is 5.75 Å². The Hall–Kier alpha value is -1.09. The van der Waals surface area contributed by atoms with Crippen LogP contribution in [0.3, 0.4) is 0 Å². The maximum atomic E-state index is 14.2. The van der Waals surface area contributed by atoms with Gasteiger partial charge in [-0.1, -0.05) is 32.3 Å². The Balaban J connectivity index is 2.38. The molecule has 0 saturated heterocycles. The number of hydrogen-bond donors (Lipinski definition) is 1. The van der Waals surface area contributed by atoms with Gasteiger partial charge in [-0.25, -0.2) is 4.39 Å². The number of rotatable bonds is 3. The third kappa shape index (κ3) is 2.24. The quantitative estimate of drug-likeness (QED) is 0.891. The van der Waals surface area contributed by atoms with Crippen LogP contribution in [0.1, 0.15) is 44.6 Å². The Morgan fingerprint density at radius 3 is 2.83 bits per heavy atom. The topological polar surface area (TPSA) is 35.2 Å². The maximum Gasteiger partial charge on any atom is 0.131 e. The second kappa shape index (κ2) is 5.27. The molecule has 2 atom stereocenters. The highest BCUT2D eigenvalue weighted by atomic mass is 19.1. The number of halogens is 1. The Labute approximate surface area is 108 Å². The minimum Gasteiger partial charge on any atom is -0.497 e. The van der Waals surface area contributed by atoms with Crippen LogP contribution in [-0.2, 0) is 5.54 Å². The molecule has 100 valence electrons. The molecule has 2 rings (SSSR count). The highest BCUT2D eigenvalue weighted by Crippen LogP contribution is 2.42. The van der Waals surface area contributed by atoms with Crippen molar-refractivity contribution < 1.29 is 9.13 Å². The minimum absolute atomic E-state index is 0.239. The maximum absolute atomic E-state index is 14.2. The fourth-order valence-electron chi connectivity index (χ4n) is 3.19. The van der Waals surface area contributed by atoms with Gasteiger partial charge < -0.3 is 10.5 Å². The fraction of sp³-hybridized carbons (Fsp3) is 0.600. The highest BCUT2D eigenvalue weighted by Gasteiger charge is 2.39. The predicted molar refractivity (Wildman–Crippen MR) is 71.1 cm³/mol. The molecule has 1 aliphatic rings.